The van der Waals surface area contributed by atoms with Crippen molar-refractivity contribution in [2.24, 2.45) is 16.5 Å². The van der Waals surface area contributed by atoms with Gasteiger partial charge in [0.2, 0.25) is 5.78 Å². The summed E-state index contributed by atoms with van der Waals surface area (Å²) >= 11 is 5.63. The minimum atomic E-state index is -0.775. The molecule has 0 unspecified atom stereocenters. The Morgan fingerprint density at radius 3 is 2.67 bits per heavy atom. The van der Waals surface area contributed by atoms with Crippen LogP contribution in [0.5, 0.6) is 0 Å². The normalized spacial score (nSPS) is 17.9. The van der Waals surface area contributed by atoms with Crippen molar-refractivity contribution in [3.63, 3.8) is 0 Å². The van der Waals surface area contributed by atoms with E-state index in [1.54, 1.807) is 0 Å². The molecule has 2 aromatic carbocycles. The lowest BCUT2D eigenvalue weighted by atomic mass is 10.1. The number of nitrogens with zero attached hydrogens (tertiary/aromatic N) is 1. The molecule has 0 bridgehead atoms. The van der Waals surface area contributed by atoms with Crippen molar-refractivity contribution < 1.29 is 14.0 Å². The van der Waals surface area contributed by atoms with Gasteiger partial charge in [-0.05, 0) is 35.2 Å². The molecule has 1 amide bonds. The van der Waals surface area contributed by atoms with Gasteiger partial charge in [-0.2, -0.15) is 0 Å². The number of amides is 1. The van der Waals surface area contributed by atoms with Crippen LogP contribution in [0.2, 0.25) is 5.02 Å². The third-order valence-corrected chi connectivity index (χ3v) is 4.71. The fraction of sp³-hybridized carbons (Fsp3) is 0.211. The molecule has 0 saturated heterocycles. The SMILES string of the molecule is NC(N)=N[C@@H]1Cc2ccccc2[C@H]1NC(=O)C(=O)Cc1ccc(Cl)c(F)c1. The van der Waals surface area contributed by atoms with Gasteiger partial charge < -0.3 is 16.8 Å². The predicted molar refractivity (Wildman–Crippen MR) is 101 cm³/mol. The van der Waals surface area contributed by atoms with Gasteiger partial charge in [-0.15, -0.1) is 0 Å². The van der Waals surface area contributed by atoms with Crippen molar-refractivity contribution in [1.82, 2.24) is 5.32 Å². The average molecular weight is 389 g/mol. The second-order valence-electron chi connectivity index (χ2n) is 6.32. The summed E-state index contributed by atoms with van der Waals surface area (Å²) < 4.78 is 13.5. The second-order valence-corrected chi connectivity index (χ2v) is 6.73. The molecule has 6 nitrogen and oxygen atoms in total. The Hall–Kier alpha value is -2.93. The van der Waals surface area contributed by atoms with Crippen molar-refractivity contribution >= 4 is 29.3 Å². The van der Waals surface area contributed by atoms with E-state index in [0.29, 0.717) is 12.0 Å². The van der Waals surface area contributed by atoms with Gasteiger partial charge in [0, 0.05) is 6.42 Å². The number of guanidine groups is 1. The van der Waals surface area contributed by atoms with Crippen LogP contribution in [0.1, 0.15) is 22.7 Å². The molecule has 27 heavy (non-hydrogen) atoms. The molecule has 2 atom stereocenters. The monoisotopic (exact) mass is 388 g/mol. The summed E-state index contributed by atoms with van der Waals surface area (Å²) in [4.78, 5) is 28.9. The molecule has 0 aromatic heterocycles. The van der Waals surface area contributed by atoms with Crippen LogP contribution in [0.3, 0.4) is 0 Å². The Kier molecular flexibility index (Phi) is 5.41. The molecular weight excluding hydrogens is 371 g/mol. The number of benzene rings is 2. The van der Waals surface area contributed by atoms with E-state index in [1.165, 1.54) is 12.1 Å². The van der Waals surface area contributed by atoms with E-state index >= 15 is 0 Å². The number of carbonyl (C=O) groups excluding carboxylic acids is 2. The third-order valence-electron chi connectivity index (χ3n) is 4.41. The van der Waals surface area contributed by atoms with Gasteiger partial charge >= 0.3 is 0 Å². The highest BCUT2D eigenvalue weighted by atomic mass is 35.5. The van der Waals surface area contributed by atoms with E-state index in [4.69, 9.17) is 23.1 Å². The highest BCUT2D eigenvalue weighted by Gasteiger charge is 2.34. The molecular formula is C19H18ClFN4O2. The maximum atomic E-state index is 13.5. The van der Waals surface area contributed by atoms with E-state index in [1.807, 2.05) is 24.3 Å². The number of ketones is 1. The number of hydrogen-bond donors (Lipinski definition) is 3. The zero-order chi connectivity index (χ0) is 19.6. The summed E-state index contributed by atoms with van der Waals surface area (Å²) in [5.74, 6) is -2.19. The molecule has 140 valence electrons. The summed E-state index contributed by atoms with van der Waals surface area (Å²) in [7, 11) is 0. The summed E-state index contributed by atoms with van der Waals surface area (Å²) in [5.41, 5.74) is 13.2. The predicted octanol–water partition coefficient (Wildman–Crippen LogP) is 1.65. The first-order valence-corrected chi connectivity index (χ1v) is 8.67. The topological polar surface area (TPSA) is 111 Å². The number of hydrogen-bond acceptors (Lipinski definition) is 3. The van der Waals surface area contributed by atoms with Gasteiger partial charge in [-0.3, -0.25) is 9.59 Å². The van der Waals surface area contributed by atoms with Gasteiger partial charge in [0.25, 0.3) is 5.91 Å². The molecule has 0 radical (unpaired) electrons. The van der Waals surface area contributed by atoms with Gasteiger partial charge in [0.05, 0.1) is 17.1 Å². The zero-order valence-electron chi connectivity index (χ0n) is 14.3. The van der Waals surface area contributed by atoms with Crippen LogP contribution in [0.4, 0.5) is 4.39 Å². The first kappa shape index (κ1) is 18.8. The van der Waals surface area contributed by atoms with E-state index in [9.17, 15) is 14.0 Å². The number of nitrogens with two attached hydrogens (primary N) is 2. The van der Waals surface area contributed by atoms with E-state index < -0.39 is 29.6 Å². The molecule has 1 aliphatic carbocycles. The van der Waals surface area contributed by atoms with E-state index in [0.717, 1.165) is 17.2 Å². The van der Waals surface area contributed by atoms with Crippen molar-refractivity contribution in [1.29, 1.82) is 0 Å². The van der Waals surface area contributed by atoms with E-state index in [-0.39, 0.29) is 17.4 Å². The van der Waals surface area contributed by atoms with Crippen LogP contribution in [0.25, 0.3) is 0 Å². The number of aliphatic imine (C=N–C) groups is 1. The average Bonchev–Trinajstić information content (AvgIpc) is 2.94. The molecule has 0 saturated carbocycles. The molecule has 8 heteroatoms. The quantitative estimate of drug-likeness (QED) is 0.411. The summed E-state index contributed by atoms with van der Waals surface area (Å²) in [6.45, 7) is 0. The standard InChI is InChI=1S/C19H18ClFN4O2/c20-13-6-5-10(7-14(13)21)8-16(26)18(27)25-17-12-4-2-1-3-11(12)9-15(17)24-19(22)23/h1-7,15,17H,8-9H2,(H,25,27)(H4,22,23,24)/t15-,17-/m1/s1. The van der Waals surface area contributed by atoms with Crippen molar-refractivity contribution in [2.45, 2.75) is 24.9 Å². The maximum Gasteiger partial charge on any atom is 0.288 e. The molecule has 0 heterocycles. The van der Waals surface area contributed by atoms with Gasteiger partial charge in [0.15, 0.2) is 5.96 Å². The number of Topliss-reactive ketones (excluding diaryl/α,β-unsaturated/α-hetero) is 1. The molecule has 0 spiro atoms. The fourth-order valence-corrected chi connectivity index (χ4v) is 3.31. The minimum absolute atomic E-state index is 0.0433. The van der Waals surface area contributed by atoms with Crippen LogP contribution in [-0.4, -0.2) is 23.7 Å². The lowest BCUT2D eigenvalue weighted by Crippen LogP contribution is -2.39. The number of nitrogens with one attached hydrogen (secondary N) is 1. The van der Waals surface area contributed by atoms with Crippen LogP contribution >= 0.6 is 11.6 Å². The number of fused-ring (bicyclic) bond motifs is 1. The first-order valence-electron chi connectivity index (χ1n) is 8.29. The smallest absolute Gasteiger partial charge is 0.288 e. The molecule has 3 rings (SSSR count). The Balaban J connectivity index is 1.75. The minimum Gasteiger partial charge on any atom is -0.370 e. The van der Waals surface area contributed by atoms with Crippen LogP contribution in [0, 0.1) is 5.82 Å². The lowest BCUT2D eigenvalue weighted by molar-refractivity contribution is -0.138. The maximum absolute atomic E-state index is 13.5. The largest absolute Gasteiger partial charge is 0.370 e. The number of rotatable bonds is 5. The summed E-state index contributed by atoms with van der Waals surface area (Å²) in [6.07, 6.45) is 0.316. The fourth-order valence-electron chi connectivity index (χ4n) is 3.20. The highest BCUT2D eigenvalue weighted by molar-refractivity contribution is 6.36. The summed E-state index contributed by atoms with van der Waals surface area (Å²) in [6, 6.07) is 10.6. The molecule has 0 aliphatic heterocycles. The van der Waals surface area contributed by atoms with Crippen molar-refractivity contribution in [3.8, 4) is 0 Å². The molecule has 2 aromatic rings. The van der Waals surface area contributed by atoms with Crippen LogP contribution < -0.4 is 16.8 Å². The second kappa shape index (κ2) is 7.75. The first-order chi connectivity index (χ1) is 12.8. The Bertz CT molecular complexity index is 928. The van der Waals surface area contributed by atoms with Crippen LogP contribution in [-0.2, 0) is 22.4 Å². The Morgan fingerprint density at radius 1 is 1.22 bits per heavy atom. The van der Waals surface area contributed by atoms with E-state index in [2.05, 4.69) is 10.3 Å². The number of halogens is 2. The Labute approximate surface area is 160 Å². The molecule has 5 N–H and O–H groups in total. The lowest BCUT2D eigenvalue weighted by Gasteiger charge is -2.19. The van der Waals surface area contributed by atoms with Crippen LogP contribution in [0.15, 0.2) is 47.5 Å². The van der Waals surface area contributed by atoms with Crippen molar-refractivity contribution in [3.05, 3.63) is 70.0 Å². The zero-order valence-corrected chi connectivity index (χ0v) is 15.0. The van der Waals surface area contributed by atoms with Gasteiger partial charge in [-0.25, -0.2) is 9.38 Å². The van der Waals surface area contributed by atoms with Gasteiger partial charge in [-0.1, -0.05) is 41.9 Å². The van der Waals surface area contributed by atoms with Gasteiger partial charge in [0.1, 0.15) is 5.82 Å². The Morgan fingerprint density at radius 2 is 1.96 bits per heavy atom. The van der Waals surface area contributed by atoms with Crippen molar-refractivity contribution in [2.75, 3.05) is 0 Å². The summed E-state index contributed by atoms with van der Waals surface area (Å²) in [5, 5.41) is 2.67. The molecule has 0 fully saturated rings. The highest BCUT2D eigenvalue weighted by Crippen LogP contribution is 2.33. The molecule has 1 aliphatic rings. The number of carbonyl (C=O) groups is 2. The third kappa shape index (κ3) is 4.25.